The van der Waals surface area contributed by atoms with Crippen molar-refractivity contribution in [2.24, 2.45) is 0 Å². The summed E-state index contributed by atoms with van der Waals surface area (Å²) < 4.78 is 12.0. The van der Waals surface area contributed by atoms with Gasteiger partial charge >= 0.3 is 6.85 Å². The first-order chi connectivity index (χ1) is 22.8. The van der Waals surface area contributed by atoms with Crippen LogP contribution in [0, 0.1) is 0 Å². The highest BCUT2D eigenvalue weighted by Gasteiger charge is 2.42. The Bertz CT molecular complexity index is 2980. The lowest BCUT2D eigenvalue weighted by Gasteiger charge is -2.34. The zero-order valence-corrected chi connectivity index (χ0v) is 24.7. The molecule has 3 aromatic heterocycles. The van der Waals surface area contributed by atoms with Crippen molar-refractivity contribution < 1.29 is 4.42 Å². The maximum absolute atomic E-state index is 6.82. The van der Waals surface area contributed by atoms with E-state index in [1.165, 1.54) is 87.9 Å². The van der Waals surface area contributed by atoms with Gasteiger partial charge in [-0.05, 0) is 52.4 Å². The van der Waals surface area contributed by atoms with Gasteiger partial charge in [0.15, 0.2) is 0 Å². The van der Waals surface area contributed by atoms with Crippen molar-refractivity contribution >= 4 is 83.3 Å². The SMILES string of the molecule is c1ccc(-c2ccc3c(c2)c2cccc4c2n3-c2cc3c(oc5ccccc53)c3c2B4n2c4ccccc4c4cccc-3c42)cc1. The van der Waals surface area contributed by atoms with E-state index in [9.17, 15) is 0 Å². The predicted molar refractivity (Wildman–Crippen MR) is 192 cm³/mol. The van der Waals surface area contributed by atoms with E-state index in [-0.39, 0.29) is 6.85 Å². The molecule has 0 radical (unpaired) electrons. The fourth-order valence-electron chi connectivity index (χ4n) is 8.91. The maximum atomic E-state index is 6.82. The molecule has 0 spiro atoms. The van der Waals surface area contributed by atoms with E-state index in [4.69, 9.17) is 4.42 Å². The minimum absolute atomic E-state index is 0.00835. The lowest BCUT2D eigenvalue weighted by Crippen LogP contribution is -2.55. The monoisotopic (exact) mass is 582 g/mol. The number of nitrogens with zero attached hydrogens (tertiary/aromatic N) is 2. The normalized spacial score (nSPS) is 13.2. The summed E-state index contributed by atoms with van der Waals surface area (Å²) in [5, 5.41) is 7.48. The molecule has 2 aliphatic rings. The summed E-state index contributed by atoms with van der Waals surface area (Å²) in [7, 11) is 0. The lowest BCUT2D eigenvalue weighted by atomic mass is 9.45. The van der Waals surface area contributed by atoms with Crippen molar-refractivity contribution in [3.8, 4) is 27.9 Å². The van der Waals surface area contributed by atoms with Gasteiger partial charge in [0.1, 0.15) is 11.2 Å². The molecule has 0 amide bonds. The number of hydrogen-bond donors (Lipinski definition) is 0. The smallest absolute Gasteiger partial charge is 0.333 e. The largest absolute Gasteiger partial charge is 0.455 e. The Morgan fingerprint density at radius 2 is 1.26 bits per heavy atom. The standard InChI is InChI=1S/C42H23BN2O/c1-2-10-24(11-3-1)25-20-21-34-31(22-25)29-15-9-17-33-41(29)44(34)36-23-32-27-13-5-7-19-37(27)46-42(32)38-30-16-8-14-28-26-12-4-6-18-35(26)45(40(28)30)43(33)39(36)38/h1-23H. The molecule has 0 fully saturated rings. The molecule has 12 rings (SSSR count). The van der Waals surface area contributed by atoms with Gasteiger partial charge in [-0.2, -0.15) is 0 Å². The summed E-state index contributed by atoms with van der Waals surface area (Å²) in [5.74, 6) is 0. The van der Waals surface area contributed by atoms with Crippen molar-refractivity contribution in [2.45, 2.75) is 0 Å². The molecular formula is C42H23BN2O. The number of rotatable bonds is 1. The molecule has 3 nitrogen and oxygen atoms in total. The second-order valence-corrected chi connectivity index (χ2v) is 12.8. The molecule has 0 saturated heterocycles. The molecule has 0 saturated carbocycles. The summed E-state index contributed by atoms with van der Waals surface area (Å²) in [6.45, 7) is 0.00835. The molecular weight excluding hydrogens is 559 g/mol. The summed E-state index contributed by atoms with van der Waals surface area (Å²) in [6, 6.07) is 51.2. The fourth-order valence-corrected chi connectivity index (χ4v) is 8.91. The number of para-hydroxylation sites is 4. The molecule has 4 heteroatoms. The van der Waals surface area contributed by atoms with Crippen molar-refractivity contribution in [3.05, 3.63) is 140 Å². The van der Waals surface area contributed by atoms with Gasteiger partial charge in [0.2, 0.25) is 0 Å². The lowest BCUT2D eigenvalue weighted by molar-refractivity contribution is 0.670. The molecule has 5 heterocycles. The van der Waals surface area contributed by atoms with Gasteiger partial charge in [0, 0.05) is 60.2 Å². The number of hydrogen-bond acceptors (Lipinski definition) is 1. The highest BCUT2D eigenvalue weighted by molar-refractivity contribution is 6.90. The summed E-state index contributed by atoms with van der Waals surface area (Å²) in [6.07, 6.45) is 0. The number of benzene rings is 7. The van der Waals surface area contributed by atoms with Crippen LogP contribution in [0.5, 0.6) is 0 Å². The van der Waals surface area contributed by atoms with Crippen molar-refractivity contribution in [3.63, 3.8) is 0 Å². The second-order valence-electron chi connectivity index (χ2n) is 12.8. The predicted octanol–water partition coefficient (Wildman–Crippen LogP) is 9.41. The Morgan fingerprint density at radius 3 is 2.17 bits per heavy atom. The van der Waals surface area contributed by atoms with Crippen LogP contribution in [0.1, 0.15) is 0 Å². The first-order valence-corrected chi connectivity index (χ1v) is 16.0. The molecule has 10 aromatic rings. The van der Waals surface area contributed by atoms with Gasteiger partial charge in [-0.3, -0.25) is 0 Å². The minimum atomic E-state index is 0.00835. The Hall–Kier alpha value is -6.00. The topological polar surface area (TPSA) is 23.0 Å². The first kappa shape index (κ1) is 23.4. The van der Waals surface area contributed by atoms with E-state index >= 15 is 0 Å². The first-order valence-electron chi connectivity index (χ1n) is 16.0. The zero-order chi connectivity index (χ0) is 29.7. The van der Waals surface area contributed by atoms with Crippen LogP contribution in [-0.2, 0) is 0 Å². The molecule has 0 N–H and O–H groups in total. The van der Waals surface area contributed by atoms with Crippen LogP contribution in [0.2, 0.25) is 0 Å². The molecule has 46 heavy (non-hydrogen) atoms. The summed E-state index contributed by atoms with van der Waals surface area (Å²) >= 11 is 0. The third-order valence-corrected chi connectivity index (χ3v) is 10.7. The van der Waals surface area contributed by atoms with Gasteiger partial charge in [-0.25, -0.2) is 0 Å². The number of furan rings is 1. The fraction of sp³-hybridized carbons (Fsp3) is 0. The molecule has 0 aliphatic carbocycles. The zero-order valence-electron chi connectivity index (χ0n) is 24.7. The third-order valence-electron chi connectivity index (χ3n) is 10.7. The van der Waals surface area contributed by atoms with Gasteiger partial charge in [-0.1, -0.05) is 109 Å². The Labute approximate surface area is 263 Å². The molecule has 0 atom stereocenters. The van der Waals surface area contributed by atoms with E-state index in [0.717, 1.165) is 16.6 Å². The quantitative estimate of drug-likeness (QED) is 0.177. The summed E-state index contributed by atoms with van der Waals surface area (Å²) in [5.41, 5.74) is 15.8. The molecule has 2 aliphatic heterocycles. The Kier molecular flexibility index (Phi) is 4.06. The second kappa shape index (κ2) is 7.98. The minimum Gasteiger partial charge on any atom is -0.455 e. The van der Waals surface area contributed by atoms with Crippen molar-refractivity contribution in [1.29, 1.82) is 0 Å². The van der Waals surface area contributed by atoms with E-state index in [2.05, 4.69) is 149 Å². The highest BCUT2D eigenvalue weighted by Crippen LogP contribution is 2.47. The van der Waals surface area contributed by atoms with Gasteiger partial charge in [0.05, 0.1) is 11.0 Å². The van der Waals surface area contributed by atoms with E-state index in [0.29, 0.717) is 0 Å². The van der Waals surface area contributed by atoms with E-state index in [1.54, 1.807) is 0 Å². The van der Waals surface area contributed by atoms with Crippen LogP contribution in [0.3, 0.4) is 0 Å². The Balaban J connectivity index is 1.33. The number of fused-ring (bicyclic) bond motifs is 14. The third kappa shape index (κ3) is 2.62. The van der Waals surface area contributed by atoms with E-state index in [1.807, 2.05) is 0 Å². The molecule has 0 unspecified atom stereocenters. The van der Waals surface area contributed by atoms with Gasteiger partial charge in [0.25, 0.3) is 0 Å². The maximum Gasteiger partial charge on any atom is 0.333 e. The molecule has 210 valence electrons. The molecule has 0 bridgehead atoms. The van der Waals surface area contributed by atoms with Crippen LogP contribution in [0.25, 0.3) is 93.5 Å². The van der Waals surface area contributed by atoms with Gasteiger partial charge < -0.3 is 13.5 Å². The van der Waals surface area contributed by atoms with Gasteiger partial charge in [-0.15, -0.1) is 0 Å². The van der Waals surface area contributed by atoms with Crippen LogP contribution >= 0.6 is 0 Å². The van der Waals surface area contributed by atoms with Crippen molar-refractivity contribution in [1.82, 2.24) is 9.05 Å². The average Bonchev–Trinajstić information content (AvgIpc) is 3.77. The van der Waals surface area contributed by atoms with Crippen LogP contribution < -0.4 is 10.9 Å². The number of aromatic nitrogens is 2. The molecule has 7 aromatic carbocycles. The van der Waals surface area contributed by atoms with Crippen LogP contribution in [0.15, 0.2) is 144 Å². The van der Waals surface area contributed by atoms with E-state index < -0.39 is 0 Å². The Morgan fingerprint density at radius 1 is 0.500 bits per heavy atom. The van der Waals surface area contributed by atoms with Crippen LogP contribution in [-0.4, -0.2) is 15.9 Å². The average molecular weight is 582 g/mol. The van der Waals surface area contributed by atoms with Crippen LogP contribution in [0.4, 0.5) is 0 Å². The summed E-state index contributed by atoms with van der Waals surface area (Å²) in [4.78, 5) is 0. The highest BCUT2D eigenvalue weighted by atomic mass is 16.3. The van der Waals surface area contributed by atoms with Crippen molar-refractivity contribution in [2.75, 3.05) is 0 Å².